The first-order valence-electron chi connectivity index (χ1n) is 10.8. The van der Waals surface area contributed by atoms with E-state index in [0.29, 0.717) is 22.7 Å². The number of nitrogens with one attached hydrogen (secondary N) is 2. The highest BCUT2D eigenvalue weighted by atomic mass is 32.2. The lowest BCUT2D eigenvalue weighted by molar-refractivity contribution is -0.384. The number of aromatic carboxylic acids is 2. The van der Waals surface area contributed by atoms with Crippen LogP contribution in [0.1, 0.15) is 44.4 Å². The summed E-state index contributed by atoms with van der Waals surface area (Å²) < 4.78 is 0. The van der Waals surface area contributed by atoms with Crippen LogP contribution in [0.3, 0.4) is 0 Å². The Morgan fingerprint density at radius 2 is 1.59 bits per heavy atom. The van der Waals surface area contributed by atoms with Crippen LogP contribution in [0.25, 0.3) is 0 Å². The summed E-state index contributed by atoms with van der Waals surface area (Å²) in [5.74, 6) is -3.80. The van der Waals surface area contributed by atoms with Gasteiger partial charge in [-0.3, -0.25) is 19.7 Å². The number of non-ortho nitro benzene ring substituents is 1. The Morgan fingerprint density at radius 1 is 0.892 bits per heavy atom. The molecule has 0 bridgehead atoms. The van der Waals surface area contributed by atoms with E-state index in [1.807, 2.05) is 6.92 Å². The van der Waals surface area contributed by atoms with Crippen molar-refractivity contribution in [1.29, 1.82) is 0 Å². The molecule has 12 heteroatoms. The van der Waals surface area contributed by atoms with Gasteiger partial charge >= 0.3 is 11.9 Å². The average Bonchev–Trinajstić information content (AvgIpc) is 2.87. The third kappa shape index (κ3) is 6.92. The van der Waals surface area contributed by atoms with Crippen molar-refractivity contribution < 1.29 is 34.3 Å². The number of carbonyl (C=O) groups excluding carboxylic acids is 2. The number of benzene rings is 3. The second kappa shape index (κ2) is 11.8. The van der Waals surface area contributed by atoms with Crippen LogP contribution in [0.5, 0.6) is 0 Å². The Hall–Kier alpha value is -4.71. The number of carbonyl (C=O) groups is 4. The second-order valence-corrected chi connectivity index (χ2v) is 8.94. The van der Waals surface area contributed by atoms with Gasteiger partial charge in [-0.1, -0.05) is 13.0 Å². The number of hydrogen-bond acceptors (Lipinski definition) is 7. The summed E-state index contributed by atoms with van der Waals surface area (Å²) in [5.41, 5.74) is -0.240. The number of nitro groups is 1. The number of rotatable bonds is 10. The summed E-state index contributed by atoms with van der Waals surface area (Å²) in [7, 11) is 0. The molecule has 4 N–H and O–H groups in total. The SMILES string of the molecule is CCC(Sc1cccc(NC(=O)c2ccc(C(=O)O)cc2C(=O)O)c1)C(=O)Nc1ccc([N+](=O)[O-])cc1. The van der Waals surface area contributed by atoms with Crippen molar-refractivity contribution in [3.05, 3.63) is 93.5 Å². The van der Waals surface area contributed by atoms with E-state index in [1.165, 1.54) is 36.0 Å². The lowest BCUT2D eigenvalue weighted by Crippen LogP contribution is -2.24. The van der Waals surface area contributed by atoms with Gasteiger partial charge in [0.1, 0.15) is 0 Å². The van der Waals surface area contributed by atoms with Crippen molar-refractivity contribution in [2.24, 2.45) is 0 Å². The maximum atomic E-state index is 12.8. The lowest BCUT2D eigenvalue weighted by Gasteiger charge is -2.15. The molecule has 190 valence electrons. The number of hydrogen-bond donors (Lipinski definition) is 4. The smallest absolute Gasteiger partial charge is 0.336 e. The van der Waals surface area contributed by atoms with Gasteiger partial charge in [-0.15, -0.1) is 11.8 Å². The van der Waals surface area contributed by atoms with Gasteiger partial charge in [-0.2, -0.15) is 0 Å². The van der Waals surface area contributed by atoms with Gasteiger partial charge in [0.25, 0.3) is 11.6 Å². The fourth-order valence-corrected chi connectivity index (χ4v) is 4.29. The van der Waals surface area contributed by atoms with E-state index in [0.717, 1.165) is 18.2 Å². The van der Waals surface area contributed by atoms with E-state index >= 15 is 0 Å². The van der Waals surface area contributed by atoms with E-state index in [9.17, 15) is 34.4 Å². The summed E-state index contributed by atoms with van der Waals surface area (Å²) in [6.07, 6.45) is 0.470. The molecule has 0 aliphatic rings. The molecule has 0 radical (unpaired) electrons. The van der Waals surface area contributed by atoms with Crippen molar-refractivity contribution in [2.45, 2.75) is 23.5 Å². The number of amides is 2. The molecule has 1 atom stereocenters. The predicted octanol–water partition coefficient (Wildman–Crippen LogP) is 4.75. The molecule has 3 aromatic rings. The Morgan fingerprint density at radius 3 is 2.19 bits per heavy atom. The minimum Gasteiger partial charge on any atom is -0.478 e. The van der Waals surface area contributed by atoms with Gasteiger partial charge < -0.3 is 20.8 Å². The molecule has 0 saturated carbocycles. The van der Waals surface area contributed by atoms with Crippen LogP contribution in [0, 0.1) is 10.1 Å². The first-order chi connectivity index (χ1) is 17.6. The quantitative estimate of drug-likeness (QED) is 0.166. The minimum absolute atomic E-state index is 0.0911. The van der Waals surface area contributed by atoms with Crippen LogP contribution in [0.2, 0.25) is 0 Å². The molecule has 37 heavy (non-hydrogen) atoms. The van der Waals surface area contributed by atoms with Gasteiger partial charge in [-0.25, -0.2) is 9.59 Å². The van der Waals surface area contributed by atoms with E-state index in [2.05, 4.69) is 10.6 Å². The van der Waals surface area contributed by atoms with Crippen molar-refractivity contribution in [1.82, 2.24) is 0 Å². The molecular formula is C25H21N3O8S. The van der Waals surface area contributed by atoms with E-state index in [-0.39, 0.29) is 22.7 Å². The van der Waals surface area contributed by atoms with Crippen molar-refractivity contribution in [2.75, 3.05) is 10.6 Å². The molecule has 3 aromatic carbocycles. The molecule has 0 aromatic heterocycles. The summed E-state index contributed by atoms with van der Waals surface area (Å²) >= 11 is 1.24. The highest BCUT2D eigenvalue weighted by Crippen LogP contribution is 2.29. The van der Waals surface area contributed by atoms with E-state index in [1.54, 1.807) is 24.3 Å². The average molecular weight is 524 g/mol. The monoisotopic (exact) mass is 523 g/mol. The van der Waals surface area contributed by atoms with Crippen LogP contribution < -0.4 is 10.6 Å². The number of carboxylic acid groups (broad SMARTS) is 2. The molecule has 2 amide bonds. The van der Waals surface area contributed by atoms with Crippen LogP contribution in [0.15, 0.2) is 71.6 Å². The Kier molecular flexibility index (Phi) is 8.59. The summed E-state index contributed by atoms with van der Waals surface area (Å²) in [4.78, 5) is 59.1. The highest BCUT2D eigenvalue weighted by Gasteiger charge is 2.21. The van der Waals surface area contributed by atoms with Gasteiger partial charge in [0, 0.05) is 28.4 Å². The zero-order valence-electron chi connectivity index (χ0n) is 19.3. The molecule has 0 saturated heterocycles. The van der Waals surface area contributed by atoms with Crippen molar-refractivity contribution in [3.8, 4) is 0 Å². The number of thioether (sulfide) groups is 1. The molecule has 0 heterocycles. The number of anilines is 2. The molecule has 0 fully saturated rings. The zero-order valence-corrected chi connectivity index (χ0v) is 20.2. The van der Waals surface area contributed by atoms with E-state index in [4.69, 9.17) is 5.11 Å². The number of nitro benzene ring substituents is 1. The van der Waals surface area contributed by atoms with Crippen LogP contribution in [0.4, 0.5) is 17.1 Å². The van der Waals surface area contributed by atoms with Crippen LogP contribution in [-0.4, -0.2) is 44.1 Å². The molecule has 3 rings (SSSR count). The third-order valence-electron chi connectivity index (χ3n) is 5.12. The third-order valence-corrected chi connectivity index (χ3v) is 6.48. The first kappa shape index (κ1) is 26.9. The Balaban J connectivity index is 1.72. The topological polar surface area (TPSA) is 176 Å². The zero-order chi connectivity index (χ0) is 27.1. The molecule has 0 spiro atoms. The minimum atomic E-state index is -1.44. The van der Waals surface area contributed by atoms with Crippen molar-refractivity contribution in [3.63, 3.8) is 0 Å². The van der Waals surface area contributed by atoms with Crippen molar-refractivity contribution >= 4 is 52.6 Å². The predicted molar refractivity (Wildman–Crippen MR) is 136 cm³/mol. The van der Waals surface area contributed by atoms with Gasteiger partial charge in [0.15, 0.2) is 0 Å². The maximum Gasteiger partial charge on any atom is 0.336 e. The largest absolute Gasteiger partial charge is 0.478 e. The first-order valence-corrected chi connectivity index (χ1v) is 11.7. The van der Waals surface area contributed by atoms with Gasteiger partial charge in [0.05, 0.1) is 26.9 Å². The standard InChI is InChI=1S/C25H21N3O8S/c1-2-21(23(30)26-15-7-9-17(10-8-15)28(35)36)37-18-5-3-4-16(13-18)27-22(29)19-11-6-14(24(31)32)12-20(19)25(33)34/h3-13,21H,2H2,1H3,(H,26,30)(H,27,29)(H,31,32)(H,33,34). The highest BCUT2D eigenvalue weighted by molar-refractivity contribution is 8.00. The number of nitrogens with zero attached hydrogens (tertiary/aromatic N) is 1. The Labute approximate surface area is 214 Å². The summed E-state index contributed by atoms with van der Waals surface area (Å²) in [5, 5.41) is 34.1. The molecule has 1 unspecified atom stereocenters. The van der Waals surface area contributed by atoms with Crippen LogP contribution >= 0.6 is 11.8 Å². The molecular weight excluding hydrogens is 502 g/mol. The lowest BCUT2D eigenvalue weighted by atomic mass is 10.0. The fraction of sp³-hybridized carbons (Fsp3) is 0.120. The Bertz CT molecular complexity index is 1370. The summed E-state index contributed by atoms with van der Waals surface area (Å²) in [6.45, 7) is 1.83. The van der Waals surface area contributed by atoms with Gasteiger partial charge in [-0.05, 0) is 55.0 Å². The van der Waals surface area contributed by atoms with E-state index < -0.39 is 33.6 Å². The summed E-state index contributed by atoms with van der Waals surface area (Å²) in [6, 6.07) is 15.3. The second-order valence-electron chi connectivity index (χ2n) is 7.66. The van der Waals surface area contributed by atoms with Gasteiger partial charge in [0.2, 0.25) is 5.91 Å². The molecule has 11 nitrogen and oxygen atoms in total. The fourth-order valence-electron chi connectivity index (χ4n) is 3.27. The number of carboxylic acids is 2. The molecule has 0 aliphatic heterocycles. The molecule has 0 aliphatic carbocycles. The van der Waals surface area contributed by atoms with Crippen LogP contribution in [-0.2, 0) is 4.79 Å². The normalized spacial score (nSPS) is 11.3. The maximum absolute atomic E-state index is 12.8.